The van der Waals surface area contributed by atoms with E-state index in [1.807, 2.05) is 11.3 Å². The number of aryl methyl sites for hydroxylation is 4. The molecule has 0 saturated carbocycles. The fraction of sp³-hybridized carbons (Fsp3) is 0.500. The highest BCUT2D eigenvalue weighted by Gasteiger charge is 2.12. The third-order valence-electron chi connectivity index (χ3n) is 3.85. The van der Waals surface area contributed by atoms with Gasteiger partial charge >= 0.3 is 0 Å². The van der Waals surface area contributed by atoms with E-state index in [-0.39, 0.29) is 0 Å². The molecule has 0 spiro atoms. The molecule has 1 aromatic carbocycles. The number of thiazole rings is 1. The van der Waals surface area contributed by atoms with Gasteiger partial charge < -0.3 is 5.32 Å². The summed E-state index contributed by atoms with van der Waals surface area (Å²) in [7, 11) is 0. The molecule has 2 nitrogen and oxygen atoms in total. The summed E-state index contributed by atoms with van der Waals surface area (Å²) >= 11 is 1.84. The molecule has 114 valence electrons. The van der Waals surface area contributed by atoms with E-state index in [0.717, 1.165) is 25.8 Å². The molecule has 3 heteroatoms. The predicted octanol–water partition coefficient (Wildman–Crippen LogP) is 4.22. The Morgan fingerprint density at radius 3 is 2.67 bits per heavy atom. The lowest BCUT2D eigenvalue weighted by Gasteiger charge is -2.16. The number of aromatic nitrogens is 1. The van der Waals surface area contributed by atoms with Crippen molar-refractivity contribution in [2.75, 3.05) is 6.54 Å². The summed E-state index contributed by atoms with van der Waals surface area (Å²) in [5.41, 5.74) is 3.96. The van der Waals surface area contributed by atoms with Crippen LogP contribution in [0, 0.1) is 20.8 Å². The molecular weight excluding hydrogens is 276 g/mol. The Morgan fingerprint density at radius 2 is 2.05 bits per heavy atom. The highest BCUT2D eigenvalue weighted by molar-refractivity contribution is 7.11. The van der Waals surface area contributed by atoms with E-state index in [4.69, 9.17) is 0 Å². The van der Waals surface area contributed by atoms with Gasteiger partial charge in [0.2, 0.25) is 0 Å². The SMILES string of the molecule is CCNC(CCc1cccc(C)c1)Cc1nc(C)c(C)s1. The minimum Gasteiger partial charge on any atom is -0.314 e. The number of hydrogen-bond acceptors (Lipinski definition) is 3. The molecule has 0 amide bonds. The van der Waals surface area contributed by atoms with Crippen LogP contribution in [0.5, 0.6) is 0 Å². The molecule has 0 fully saturated rings. The number of rotatable bonds is 7. The quantitative estimate of drug-likeness (QED) is 0.828. The Hall–Kier alpha value is -1.19. The molecule has 1 unspecified atom stereocenters. The molecule has 0 saturated heterocycles. The van der Waals surface area contributed by atoms with Gasteiger partial charge in [-0.05, 0) is 45.7 Å². The fourth-order valence-electron chi connectivity index (χ4n) is 2.61. The van der Waals surface area contributed by atoms with Crippen LogP contribution in [0.3, 0.4) is 0 Å². The number of benzene rings is 1. The maximum atomic E-state index is 4.68. The van der Waals surface area contributed by atoms with Crippen molar-refractivity contribution in [1.82, 2.24) is 10.3 Å². The van der Waals surface area contributed by atoms with Crippen LogP contribution in [0.15, 0.2) is 24.3 Å². The topological polar surface area (TPSA) is 24.9 Å². The molecule has 2 rings (SSSR count). The molecule has 0 aliphatic carbocycles. The Kier molecular flexibility index (Phi) is 5.95. The van der Waals surface area contributed by atoms with Gasteiger partial charge in [-0.3, -0.25) is 0 Å². The van der Waals surface area contributed by atoms with Gasteiger partial charge in [0.1, 0.15) is 0 Å². The number of hydrogen-bond donors (Lipinski definition) is 1. The van der Waals surface area contributed by atoms with Crippen LogP contribution in [-0.4, -0.2) is 17.6 Å². The summed E-state index contributed by atoms with van der Waals surface area (Å²) in [6.07, 6.45) is 3.33. The van der Waals surface area contributed by atoms with E-state index >= 15 is 0 Å². The molecule has 0 aliphatic heterocycles. The first-order chi connectivity index (χ1) is 10.1. The van der Waals surface area contributed by atoms with Gasteiger partial charge in [0, 0.05) is 17.3 Å². The second kappa shape index (κ2) is 7.71. The highest BCUT2D eigenvalue weighted by atomic mass is 32.1. The molecule has 1 atom stereocenters. The summed E-state index contributed by atoms with van der Waals surface area (Å²) in [6, 6.07) is 9.35. The van der Waals surface area contributed by atoms with Crippen LogP contribution in [-0.2, 0) is 12.8 Å². The molecule has 0 radical (unpaired) electrons. The van der Waals surface area contributed by atoms with Gasteiger partial charge in [0.15, 0.2) is 0 Å². The minimum absolute atomic E-state index is 0.514. The summed E-state index contributed by atoms with van der Waals surface area (Å²) < 4.78 is 0. The van der Waals surface area contributed by atoms with Crippen molar-refractivity contribution in [2.45, 2.75) is 53.0 Å². The zero-order valence-corrected chi connectivity index (χ0v) is 14.4. The second-order valence-electron chi connectivity index (χ2n) is 5.74. The van der Waals surface area contributed by atoms with Gasteiger partial charge in [-0.15, -0.1) is 11.3 Å². The largest absolute Gasteiger partial charge is 0.314 e. The summed E-state index contributed by atoms with van der Waals surface area (Å²) in [4.78, 5) is 6.03. The fourth-order valence-corrected chi connectivity index (χ4v) is 3.62. The third kappa shape index (κ3) is 4.94. The first kappa shape index (κ1) is 16.2. The van der Waals surface area contributed by atoms with Crippen molar-refractivity contribution < 1.29 is 0 Å². The summed E-state index contributed by atoms with van der Waals surface area (Å²) in [5.74, 6) is 0. The van der Waals surface area contributed by atoms with Crippen molar-refractivity contribution in [2.24, 2.45) is 0 Å². The lowest BCUT2D eigenvalue weighted by Crippen LogP contribution is -2.31. The van der Waals surface area contributed by atoms with Crippen molar-refractivity contribution in [3.8, 4) is 0 Å². The standard InChI is InChI=1S/C18H26N2S/c1-5-19-17(12-18-20-14(3)15(4)21-18)10-9-16-8-6-7-13(2)11-16/h6-8,11,17,19H,5,9-10,12H2,1-4H3. The maximum Gasteiger partial charge on any atom is 0.0946 e. The lowest BCUT2D eigenvalue weighted by molar-refractivity contribution is 0.490. The van der Waals surface area contributed by atoms with Gasteiger partial charge in [0.05, 0.1) is 10.7 Å². The zero-order chi connectivity index (χ0) is 15.2. The summed E-state index contributed by atoms with van der Waals surface area (Å²) in [6.45, 7) is 9.61. The molecule has 1 aromatic heterocycles. The van der Waals surface area contributed by atoms with Crippen molar-refractivity contribution >= 4 is 11.3 Å². The van der Waals surface area contributed by atoms with E-state index in [2.05, 4.69) is 62.3 Å². The predicted molar refractivity (Wildman–Crippen MR) is 92.3 cm³/mol. The van der Waals surface area contributed by atoms with E-state index < -0.39 is 0 Å². The molecule has 0 aliphatic rings. The average Bonchev–Trinajstić information content (AvgIpc) is 2.75. The normalized spacial score (nSPS) is 12.6. The number of likely N-dealkylation sites (N-methyl/N-ethyl adjacent to an activating group) is 1. The molecular formula is C18H26N2S. The highest BCUT2D eigenvalue weighted by Crippen LogP contribution is 2.19. The summed E-state index contributed by atoms with van der Waals surface area (Å²) in [5, 5.41) is 4.88. The molecule has 1 heterocycles. The van der Waals surface area contributed by atoms with Crippen LogP contribution in [0.2, 0.25) is 0 Å². The number of nitrogens with one attached hydrogen (secondary N) is 1. The van der Waals surface area contributed by atoms with Crippen molar-refractivity contribution in [1.29, 1.82) is 0 Å². The van der Waals surface area contributed by atoms with E-state index in [1.165, 1.54) is 26.7 Å². The van der Waals surface area contributed by atoms with Gasteiger partial charge in [-0.1, -0.05) is 36.8 Å². The Morgan fingerprint density at radius 1 is 1.24 bits per heavy atom. The van der Waals surface area contributed by atoms with Crippen molar-refractivity contribution in [3.05, 3.63) is 51.0 Å². The van der Waals surface area contributed by atoms with Crippen LogP contribution in [0.25, 0.3) is 0 Å². The maximum absolute atomic E-state index is 4.68. The van der Waals surface area contributed by atoms with E-state index in [0.29, 0.717) is 6.04 Å². The third-order valence-corrected chi connectivity index (χ3v) is 4.95. The number of nitrogens with zero attached hydrogens (tertiary/aromatic N) is 1. The molecule has 0 bridgehead atoms. The Labute approximate surface area is 132 Å². The monoisotopic (exact) mass is 302 g/mol. The molecule has 21 heavy (non-hydrogen) atoms. The smallest absolute Gasteiger partial charge is 0.0946 e. The molecule has 2 aromatic rings. The second-order valence-corrected chi connectivity index (χ2v) is 7.02. The first-order valence-corrected chi connectivity index (χ1v) is 8.62. The molecule has 1 N–H and O–H groups in total. The first-order valence-electron chi connectivity index (χ1n) is 7.80. The van der Waals surface area contributed by atoms with Crippen LogP contribution in [0.1, 0.15) is 40.1 Å². The van der Waals surface area contributed by atoms with Crippen LogP contribution >= 0.6 is 11.3 Å². The lowest BCUT2D eigenvalue weighted by atomic mass is 10.0. The Bertz CT molecular complexity index is 555. The Balaban J connectivity index is 1.95. The zero-order valence-electron chi connectivity index (χ0n) is 13.6. The van der Waals surface area contributed by atoms with Gasteiger partial charge in [-0.25, -0.2) is 4.98 Å². The van der Waals surface area contributed by atoms with E-state index in [9.17, 15) is 0 Å². The van der Waals surface area contributed by atoms with Crippen LogP contribution < -0.4 is 5.32 Å². The minimum atomic E-state index is 0.514. The van der Waals surface area contributed by atoms with Crippen LogP contribution in [0.4, 0.5) is 0 Å². The van der Waals surface area contributed by atoms with Gasteiger partial charge in [0.25, 0.3) is 0 Å². The average molecular weight is 302 g/mol. The van der Waals surface area contributed by atoms with E-state index in [1.54, 1.807) is 0 Å². The van der Waals surface area contributed by atoms with Crippen molar-refractivity contribution in [3.63, 3.8) is 0 Å². The van der Waals surface area contributed by atoms with Gasteiger partial charge in [-0.2, -0.15) is 0 Å².